The maximum absolute atomic E-state index is 4.64. The van der Waals surface area contributed by atoms with Crippen molar-refractivity contribution in [3.63, 3.8) is 0 Å². The van der Waals surface area contributed by atoms with Crippen LogP contribution in [0.3, 0.4) is 0 Å². The summed E-state index contributed by atoms with van der Waals surface area (Å²) in [5.74, 6) is 1.69. The number of nitrogens with zero attached hydrogens (tertiary/aromatic N) is 1. The molecular weight excluding hydrogens is 228 g/mol. The lowest BCUT2D eigenvalue weighted by molar-refractivity contribution is 0.867. The molecule has 1 aromatic heterocycles. The van der Waals surface area contributed by atoms with Gasteiger partial charge in [-0.3, -0.25) is 0 Å². The molecule has 1 aliphatic rings. The number of fused-ring (bicyclic) bond motifs is 1. The molecule has 3 heteroatoms. The van der Waals surface area contributed by atoms with Crippen molar-refractivity contribution >= 4 is 17.2 Å². The number of hydrogen-bond acceptors (Lipinski definition) is 3. The average Bonchev–Trinajstić information content (AvgIpc) is 2.89. The van der Waals surface area contributed by atoms with Crippen molar-refractivity contribution < 1.29 is 0 Å². The van der Waals surface area contributed by atoms with Crippen LogP contribution in [0.5, 0.6) is 0 Å². The van der Waals surface area contributed by atoms with Gasteiger partial charge in [-0.05, 0) is 11.5 Å². The van der Waals surface area contributed by atoms with Gasteiger partial charge in [-0.15, -0.1) is 11.3 Å². The van der Waals surface area contributed by atoms with E-state index in [2.05, 4.69) is 48.4 Å². The Morgan fingerprint density at radius 1 is 1.24 bits per heavy atom. The summed E-state index contributed by atoms with van der Waals surface area (Å²) in [4.78, 5) is 6.04. The highest BCUT2D eigenvalue weighted by molar-refractivity contribution is 7.15. The van der Waals surface area contributed by atoms with E-state index < -0.39 is 0 Å². The second-order valence-electron chi connectivity index (χ2n) is 4.74. The highest BCUT2D eigenvalue weighted by atomic mass is 32.1. The summed E-state index contributed by atoms with van der Waals surface area (Å²) in [6.07, 6.45) is 1.12. The number of anilines is 1. The largest absolute Gasteiger partial charge is 0.369 e. The lowest BCUT2D eigenvalue weighted by atomic mass is 10.0. The molecule has 2 nitrogen and oxygen atoms in total. The van der Waals surface area contributed by atoms with Crippen molar-refractivity contribution in [2.24, 2.45) is 0 Å². The van der Waals surface area contributed by atoms with Crippen molar-refractivity contribution in [1.29, 1.82) is 0 Å². The highest BCUT2D eigenvalue weighted by Crippen LogP contribution is 2.34. The first-order valence-electron chi connectivity index (χ1n) is 6.08. The zero-order valence-electron chi connectivity index (χ0n) is 10.2. The Morgan fingerprint density at radius 2 is 2.00 bits per heavy atom. The summed E-state index contributed by atoms with van der Waals surface area (Å²) in [6.45, 7) is 5.48. The molecule has 1 aromatic carbocycles. The van der Waals surface area contributed by atoms with E-state index in [1.165, 1.54) is 16.0 Å². The van der Waals surface area contributed by atoms with Gasteiger partial charge in [-0.1, -0.05) is 38.1 Å². The van der Waals surface area contributed by atoms with E-state index in [9.17, 15) is 0 Å². The molecular formula is C14H16N2S. The summed E-state index contributed by atoms with van der Waals surface area (Å²) in [7, 11) is 0. The number of aromatic nitrogens is 1. The Balaban J connectivity index is 1.92. The molecule has 88 valence electrons. The molecule has 0 unspecified atom stereocenters. The topological polar surface area (TPSA) is 24.9 Å². The van der Waals surface area contributed by atoms with Gasteiger partial charge in [0.1, 0.15) is 10.8 Å². The molecule has 0 spiro atoms. The van der Waals surface area contributed by atoms with E-state index in [1.807, 2.05) is 11.3 Å². The molecule has 0 saturated heterocycles. The van der Waals surface area contributed by atoms with Gasteiger partial charge in [-0.25, -0.2) is 4.98 Å². The van der Waals surface area contributed by atoms with E-state index in [0.717, 1.165) is 23.8 Å². The predicted molar refractivity (Wildman–Crippen MR) is 73.8 cm³/mol. The average molecular weight is 244 g/mol. The minimum absolute atomic E-state index is 0.590. The molecule has 2 heterocycles. The number of rotatable bonds is 2. The van der Waals surface area contributed by atoms with Gasteiger partial charge in [0.15, 0.2) is 0 Å². The van der Waals surface area contributed by atoms with Crippen LogP contribution in [0.15, 0.2) is 24.3 Å². The van der Waals surface area contributed by atoms with Gasteiger partial charge in [0.05, 0.1) is 4.88 Å². The highest BCUT2D eigenvalue weighted by Gasteiger charge is 2.16. The molecule has 0 atom stereocenters. The number of hydrogen-bond donors (Lipinski definition) is 1. The maximum Gasteiger partial charge on any atom is 0.141 e. The summed E-state index contributed by atoms with van der Waals surface area (Å²) in [5, 5.41) is 4.46. The van der Waals surface area contributed by atoms with E-state index in [0.29, 0.717) is 5.92 Å². The fourth-order valence-corrected chi connectivity index (χ4v) is 3.13. The maximum atomic E-state index is 4.64. The van der Waals surface area contributed by atoms with Gasteiger partial charge in [0.2, 0.25) is 0 Å². The van der Waals surface area contributed by atoms with Crippen LogP contribution in [-0.4, -0.2) is 11.5 Å². The summed E-state index contributed by atoms with van der Waals surface area (Å²) in [6, 6.07) is 8.78. The number of thiazole rings is 1. The van der Waals surface area contributed by atoms with E-state index in [4.69, 9.17) is 0 Å². The first-order chi connectivity index (χ1) is 8.24. The van der Waals surface area contributed by atoms with Crippen LogP contribution in [-0.2, 0) is 6.42 Å². The minimum Gasteiger partial charge on any atom is -0.369 e. The van der Waals surface area contributed by atoms with Crippen LogP contribution in [0.25, 0.3) is 10.6 Å². The minimum atomic E-state index is 0.590. The Morgan fingerprint density at radius 3 is 2.65 bits per heavy atom. The van der Waals surface area contributed by atoms with Crippen molar-refractivity contribution in [2.45, 2.75) is 26.2 Å². The van der Waals surface area contributed by atoms with E-state index in [1.54, 1.807) is 0 Å². The number of benzene rings is 1. The smallest absolute Gasteiger partial charge is 0.141 e. The van der Waals surface area contributed by atoms with Crippen LogP contribution >= 0.6 is 11.3 Å². The van der Waals surface area contributed by atoms with Crippen molar-refractivity contribution in [2.75, 3.05) is 11.9 Å². The second kappa shape index (κ2) is 4.15. The molecule has 0 aliphatic carbocycles. The van der Waals surface area contributed by atoms with Crippen LogP contribution < -0.4 is 5.32 Å². The van der Waals surface area contributed by atoms with E-state index >= 15 is 0 Å². The standard InChI is InChI=1S/C14H16N2S/c1-9(2)10-3-5-11(6-4-10)14-16-13-12(17-14)7-8-15-13/h3-6,9,15H,7-8H2,1-2H3. The van der Waals surface area contributed by atoms with Crippen molar-refractivity contribution in [3.05, 3.63) is 34.7 Å². The molecule has 0 amide bonds. The number of nitrogens with one attached hydrogen (secondary N) is 1. The van der Waals surface area contributed by atoms with Crippen LogP contribution in [0, 0.1) is 0 Å². The fraction of sp³-hybridized carbons (Fsp3) is 0.357. The van der Waals surface area contributed by atoms with Gasteiger partial charge in [0.25, 0.3) is 0 Å². The van der Waals surface area contributed by atoms with Crippen molar-refractivity contribution in [3.8, 4) is 10.6 Å². The van der Waals surface area contributed by atoms with Crippen LogP contribution in [0.1, 0.15) is 30.2 Å². The molecule has 0 radical (unpaired) electrons. The second-order valence-corrected chi connectivity index (χ2v) is 5.83. The normalized spacial score (nSPS) is 13.8. The Bertz CT molecular complexity index is 504. The van der Waals surface area contributed by atoms with E-state index in [-0.39, 0.29) is 0 Å². The summed E-state index contributed by atoms with van der Waals surface area (Å²) < 4.78 is 0. The Hall–Kier alpha value is -1.35. The monoisotopic (exact) mass is 244 g/mol. The van der Waals surface area contributed by atoms with Gasteiger partial charge in [0, 0.05) is 18.5 Å². The summed E-state index contributed by atoms with van der Waals surface area (Å²) >= 11 is 1.82. The molecule has 1 aliphatic heterocycles. The van der Waals surface area contributed by atoms with Crippen LogP contribution in [0.4, 0.5) is 5.82 Å². The molecule has 1 N–H and O–H groups in total. The molecule has 0 saturated carbocycles. The van der Waals surface area contributed by atoms with Gasteiger partial charge >= 0.3 is 0 Å². The molecule has 3 rings (SSSR count). The molecule has 17 heavy (non-hydrogen) atoms. The molecule has 2 aromatic rings. The van der Waals surface area contributed by atoms with Gasteiger partial charge < -0.3 is 5.32 Å². The third kappa shape index (κ3) is 1.95. The molecule has 0 fully saturated rings. The zero-order valence-corrected chi connectivity index (χ0v) is 11.0. The van der Waals surface area contributed by atoms with Crippen LogP contribution in [0.2, 0.25) is 0 Å². The third-order valence-corrected chi connectivity index (χ3v) is 4.33. The quantitative estimate of drug-likeness (QED) is 0.866. The van der Waals surface area contributed by atoms with Crippen molar-refractivity contribution in [1.82, 2.24) is 4.98 Å². The predicted octanol–water partition coefficient (Wildman–Crippen LogP) is 3.90. The first-order valence-corrected chi connectivity index (χ1v) is 6.89. The zero-order chi connectivity index (χ0) is 11.8. The first kappa shape index (κ1) is 10.8. The summed E-state index contributed by atoms with van der Waals surface area (Å²) in [5.41, 5.74) is 2.62. The Kier molecular flexibility index (Phi) is 2.63. The third-order valence-electron chi connectivity index (χ3n) is 3.17. The lowest BCUT2D eigenvalue weighted by Crippen LogP contribution is -1.93. The lowest BCUT2D eigenvalue weighted by Gasteiger charge is -2.05. The van der Waals surface area contributed by atoms with Gasteiger partial charge in [-0.2, -0.15) is 0 Å². The Labute approximate surface area is 106 Å². The fourth-order valence-electron chi connectivity index (χ4n) is 2.09. The SMILES string of the molecule is CC(C)c1ccc(-c2nc3c(s2)CCN3)cc1. The molecule has 0 bridgehead atoms.